The van der Waals surface area contributed by atoms with Gasteiger partial charge in [-0.15, -0.1) is 0 Å². The highest BCUT2D eigenvalue weighted by Crippen LogP contribution is 2.13. The van der Waals surface area contributed by atoms with E-state index in [0.717, 1.165) is 48.2 Å². The van der Waals surface area contributed by atoms with Crippen LogP contribution in [0.4, 0.5) is 0 Å². The fourth-order valence-electron chi connectivity index (χ4n) is 2.68. The quantitative estimate of drug-likeness (QED) is 0.857. The van der Waals surface area contributed by atoms with Gasteiger partial charge in [0.05, 0.1) is 18.7 Å². The van der Waals surface area contributed by atoms with Crippen LogP contribution in [0.1, 0.15) is 37.6 Å². The SMILES string of the molecule is CCc1ccc2[nH]c(C)c(C[NH+](CC)CC)c(=O)c2c1. The van der Waals surface area contributed by atoms with E-state index < -0.39 is 0 Å². The highest BCUT2D eigenvalue weighted by molar-refractivity contribution is 5.80. The zero-order valence-corrected chi connectivity index (χ0v) is 13.0. The average molecular weight is 273 g/mol. The van der Waals surface area contributed by atoms with Crippen molar-refractivity contribution in [1.29, 1.82) is 0 Å². The van der Waals surface area contributed by atoms with E-state index in [0.29, 0.717) is 0 Å². The molecule has 3 heteroatoms. The number of benzene rings is 1. The number of aromatic amines is 1. The van der Waals surface area contributed by atoms with Gasteiger partial charge in [-0.2, -0.15) is 0 Å². The van der Waals surface area contributed by atoms with Crippen LogP contribution in [0, 0.1) is 6.92 Å². The Balaban J connectivity index is 2.57. The average Bonchev–Trinajstić information content (AvgIpc) is 2.47. The number of quaternary nitrogens is 1. The molecule has 0 aliphatic carbocycles. The van der Waals surface area contributed by atoms with E-state index in [-0.39, 0.29) is 5.43 Å². The van der Waals surface area contributed by atoms with Crippen LogP contribution in [0.2, 0.25) is 0 Å². The minimum Gasteiger partial charge on any atom is -0.358 e. The van der Waals surface area contributed by atoms with E-state index in [2.05, 4.69) is 31.8 Å². The van der Waals surface area contributed by atoms with E-state index in [4.69, 9.17) is 0 Å². The van der Waals surface area contributed by atoms with Crippen LogP contribution in [0.5, 0.6) is 0 Å². The Bertz CT molecular complexity index is 654. The summed E-state index contributed by atoms with van der Waals surface area (Å²) in [5.74, 6) is 0. The summed E-state index contributed by atoms with van der Waals surface area (Å²) in [6.45, 7) is 11.3. The fraction of sp³-hybridized carbons (Fsp3) is 0.471. The second-order valence-corrected chi connectivity index (χ2v) is 5.43. The van der Waals surface area contributed by atoms with E-state index >= 15 is 0 Å². The van der Waals surface area contributed by atoms with Crippen LogP contribution in [0.25, 0.3) is 10.9 Å². The minimum absolute atomic E-state index is 0.200. The van der Waals surface area contributed by atoms with Crippen molar-refractivity contribution in [2.45, 2.75) is 40.7 Å². The smallest absolute Gasteiger partial charge is 0.198 e. The van der Waals surface area contributed by atoms with Gasteiger partial charge in [-0.25, -0.2) is 0 Å². The number of rotatable bonds is 5. The summed E-state index contributed by atoms with van der Waals surface area (Å²) in [4.78, 5) is 17.6. The third-order valence-corrected chi connectivity index (χ3v) is 4.21. The van der Waals surface area contributed by atoms with E-state index in [9.17, 15) is 4.79 Å². The van der Waals surface area contributed by atoms with Gasteiger partial charge in [-0.1, -0.05) is 13.0 Å². The fourth-order valence-corrected chi connectivity index (χ4v) is 2.68. The van der Waals surface area contributed by atoms with Crippen molar-refractivity contribution < 1.29 is 4.90 Å². The Morgan fingerprint density at radius 2 is 1.85 bits per heavy atom. The Kier molecular flexibility index (Phi) is 4.61. The van der Waals surface area contributed by atoms with Gasteiger partial charge in [0.1, 0.15) is 6.54 Å². The number of nitrogens with one attached hydrogen (secondary N) is 2. The van der Waals surface area contributed by atoms with Crippen LogP contribution < -0.4 is 10.3 Å². The zero-order valence-electron chi connectivity index (χ0n) is 13.0. The van der Waals surface area contributed by atoms with Gasteiger partial charge in [-0.05, 0) is 44.9 Å². The number of H-pyrrole nitrogens is 1. The first-order valence-corrected chi connectivity index (χ1v) is 7.58. The van der Waals surface area contributed by atoms with Gasteiger partial charge in [0.2, 0.25) is 0 Å². The molecule has 2 aromatic rings. The Morgan fingerprint density at radius 1 is 1.15 bits per heavy atom. The molecule has 0 spiro atoms. The molecule has 0 unspecified atom stereocenters. The highest BCUT2D eigenvalue weighted by Gasteiger charge is 2.14. The van der Waals surface area contributed by atoms with Crippen molar-refractivity contribution in [2.24, 2.45) is 0 Å². The number of fused-ring (bicyclic) bond motifs is 1. The van der Waals surface area contributed by atoms with Crippen LogP contribution in [0.15, 0.2) is 23.0 Å². The molecule has 0 saturated heterocycles. The van der Waals surface area contributed by atoms with Crippen LogP contribution >= 0.6 is 0 Å². The summed E-state index contributed by atoms with van der Waals surface area (Å²) < 4.78 is 0. The molecule has 1 aromatic carbocycles. The number of hydrogen-bond donors (Lipinski definition) is 2. The molecule has 0 fully saturated rings. The molecule has 2 N–H and O–H groups in total. The molecule has 108 valence electrons. The standard InChI is InChI=1S/C17H24N2O/c1-5-13-8-9-16-14(10-13)17(20)15(12(4)18-16)11-19(6-2)7-3/h8-10H,5-7,11H2,1-4H3,(H,18,20)/p+1. The summed E-state index contributed by atoms with van der Waals surface area (Å²) in [5.41, 5.74) is 4.30. The van der Waals surface area contributed by atoms with Crippen LogP contribution in [0.3, 0.4) is 0 Å². The topological polar surface area (TPSA) is 37.3 Å². The first-order chi connectivity index (χ1) is 9.60. The zero-order chi connectivity index (χ0) is 14.7. The first-order valence-electron chi connectivity index (χ1n) is 7.58. The van der Waals surface area contributed by atoms with Gasteiger partial charge in [0, 0.05) is 16.6 Å². The van der Waals surface area contributed by atoms with Crippen molar-refractivity contribution in [3.63, 3.8) is 0 Å². The predicted octanol–water partition coefficient (Wildman–Crippen LogP) is 1.82. The summed E-state index contributed by atoms with van der Waals surface area (Å²) in [6, 6.07) is 6.15. The van der Waals surface area contributed by atoms with E-state index in [1.807, 2.05) is 19.1 Å². The molecule has 2 rings (SSSR count). The molecule has 0 radical (unpaired) electrons. The second-order valence-electron chi connectivity index (χ2n) is 5.43. The lowest BCUT2D eigenvalue weighted by atomic mass is 10.0. The van der Waals surface area contributed by atoms with Gasteiger partial charge < -0.3 is 9.88 Å². The van der Waals surface area contributed by atoms with Gasteiger partial charge in [0.25, 0.3) is 0 Å². The van der Waals surface area contributed by atoms with E-state index in [1.165, 1.54) is 10.5 Å². The number of aromatic nitrogens is 1. The molecular weight excluding hydrogens is 248 g/mol. The van der Waals surface area contributed by atoms with Crippen molar-refractivity contribution >= 4 is 10.9 Å². The lowest BCUT2D eigenvalue weighted by molar-refractivity contribution is -0.910. The molecule has 3 nitrogen and oxygen atoms in total. The Hall–Kier alpha value is -1.61. The molecule has 0 aliphatic heterocycles. The molecule has 0 atom stereocenters. The van der Waals surface area contributed by atoms with Crippen molar-refractivity contribution in [3.05, 3.63) is 45.2 Å². The Morgan fingerprint density at radius 3 is 2.45 bits per heavy atom. The van der Waals surface area contributed by atoms with Gasteiger partial charge in [0.15, 0.2) is 5.43 Å². The maximum absolute atomic E-state index is 12.8. The number of hydrogen-bond acceptors (Lipinski definition) is 1. The summed E-state index contributed by atoms with van der Waals surface area (Å²) >= 11 is 0. The number of aryl methyl sites for hydroxylation is 2. The summed E-state index contributed by atoms with van der Waals surface area (Å²) in [7, 11) is 0. The third-order valence-electron chi connectivity index (χ3n) is 4.21. The first kappa shape index (κ1) is 14.8. The predicted molar refractivity (Wildman–Crippen MR) is 84.4 cm³/mol. The molecule has 1 aromatic heterocycles. The van der Waals surface area contributed by atoms with Crippen LogP contribution in [-0.4, -0.2) is 18.1 Å². The van der Waals surface area contributed by atoms with Gasteiger partial charge in [-0.3, -0.25) is 4.79 Å². The molecule has 0 amide bonds. The van der Waals surface area contributed by atoms with Gasteiger partial charge >= 0.3 is 0 Å². The largest absolute Gasteiger partial charge is 0.358 e. The van der Waals surface area contributed by atoms with Crippen molar-refractivity contribution in [1.82, 2.24) is 4.98 Å². The normalized spacial score (nSPS) is 11.4. The lowest BCUT2D eigenvalue weighted by Gasteiger charge is -2.17. The molecule has 20 heavy (non-hydrogen) atoms. The lowest BCUT2D eigenvalue weighted by Crippen LogP contribution is -3.10. The van der Waals surface area contributed by atoms with Crippen LogP contribution in [-0.2, 0) is 13.0 Å². The molecule has 0 bridgehead atoms. The molecule has 1 heterocycles. The monoisotopic (exact) mass is 273 g/mol. The highest BCUT2D eigenvalue weighted by atomic mass is 16.1. The summed E-state index contributed by atoms with van der Waals surface area (Å²) in [5, 5.41) is 0.830. The van der Waals surface area contributed by atoms with Crippen molar-refractivity contribution in [2.75, 3.05) is 13.1 Å². The number of pyridine rings is 1. The Labute approximate surface area is 120 Å². The van der Waals surface area contributed by atoms with E-state index in [1.54, 1.807) is 0 Å². The third kappa shape index (κ3) is 2.78. The van der Waals surface area contributed by atoms with Crippen molar-refractivity contribution in [3.8, 4) is 0 Å². The maximum atomic E-state index is 12.8. The molecule has 0 saturated carbocycles. The minimum atomic E-state index is 0.200. The second kappa shape index (κ2) is 6.23. The molecule has 0 aliphatic rings. The maximum Gasteiger partial charge on any atom is 0.198 e. The summed E-state index contributed by atoms with van der Waals surface area (Å²) in [6.07, 6.45) is 0.958. The molecular formula is C17H25N2O+.